The van der Waals surface area contributed by atoms with Crippen molar-refractivity contribution in [2.24, 2.45) is 4.40 Å². The summed E-state index contributed by atoms with van der Waals surface area (Å²) >= 11 is 0. The number of fused-ring (bicyclic) bond motifs is 5. The summed E-state index contributed by atoms with van der Waals surface area (Å²) in [6.07, 6.45) is 5.25. The first-order valence-electron chi connectivity index (χ1n) is 11.3. The van der Waals surface area contributed by atoms with Gasteiger partial charge in [-0.25, -0.2) is 8.42 Å². The fourth-order valence-corrected chi connectivity index (χ4v) is 5.48. The Bertz CT molecular complexity index is 935. The number of rotatable bonds is 2. The minimum atomic E-state index is -3.61. The van der Waals surface area contributed by atoms with Crippen LogP contribution >= 0.6 is 0 Å². The van der Waals surface area contributed by atoms with Crippen molar-refractivity contribution in [3.8, 4) is 5.75 Å². The van der Waals surface area contributed by atoms with E-state index >= 15 is 0 Å². The molecule has 1 saturated heterocycles. The summed E-state index contributed by atoms with van der Waals surface area (Å²) in [5.41, 5.74) is 1.69. The van der Waals surface area contributed by atoms with E-state index in [1.165, 1.54) is 0 Å². The summed E-state index contributed by atoms with van der Waals surface area (Å²) in [4.78, 5) is 14.8. The quantitative estimate of drug-likeness (QED) is 0.693. The summed E-state index contributed by atoms with van der Waals surface area (Å²) < 4.78 is 41.4. The van der Waals surface area contributed by atoms with Crippen LogP contribution in [-0.4, -0.2) is 62.1 Å². The van der Waals surface area contributed by atoms with Crippen LogP contribution in [0, 0.1) is 0 Å². The van der Waals surface area contributed by atoms with E-state index in [0.29, 0.717) is 31.0 Å². The van der Waals surface area contributed by atoms with Gasteiger partial charge in [0.2, 0.25) is 0 Å². The first-order valence-corrected chi connectivity index (χ1v) is 12.8. The molecule has 31 heavy (non-hydrogen) atoms. The van der Waals surface area contributed by atoms with Gasteiger partial charge in [-0.2, -0.15) is 4.40 Å². The van der Waals surface area contributed by atoms with Crippen molar-refractivity contribution in [2.75, 3.05) is 19.8 Å². The molecule has 0 aromatic heterocycles. The molecular formula is C23H32N2O5S. The van der Waals surface area contributed by atoms with Crippen molar-refractivity contribution in [1.29, 1.82) is 0 Å². The zero-order valence-electron chi connectivity index (χ0n) is 18.3. The number of sulfonamides is 1. The molecule has 1 aliphatic carbocycles. The van der Waals surface area contributed by atoms with Gasteiger partial charge >= 0.3 is 0 Å². The number of carbonyl (C=O) groups is 1. The van der Waals surface area contributed by atoms with Crippen LogP contribution in [0.25, 0.3) is 0 Å². The van der Waals surface area contributed by atoms with Gasteiger partial charge in [-0.3, -0.25) is 4.79 Å². The van der Waals surface area contributed by atoms with Crippen molar-refractivity contribution in [3.63, 3.8) is 0 Å². The maximum Gasteiger partial charge on any atom is 0.261 e. The van der Waals surface area contributed by atoms with E-state index in [9.17, 15) is 13.2 Å². The number of amides is 1. The number of para-hydroxylation sites is 1. The van der Waals surface area contributed by atoms with Crippen LogP contribution in [0.4, 0.5) is 0 Å². The summed E-state index contributed by atoms with van der Waals surface area (Å²) in [5, 5.41) is -0.600. The fourth-order valence-electron chi connectivity index (χ4n) is 4.73. The number of nitrogens with zero attached hydrogens (tertiary/aromatic N) is 2. The molecule has 4 aliphatic rings. The van der Waals surface area contributed by atoms with E-state index < -0.39 is 21.3 Å². The van der Waals surface area contributed by atoms with Gasteiger partial charge in [0.25, 0.3) is 15.9 Å². The molecule has 1 aromatic carbocycles. The number of carbonyl (C=O) groups excluding carboxylic acids is 1. The average Bonchev–Trinajstić information content (AvgIpc) is 2.77. The second kappa shape index (κ2) is 9.28. The lowest BCUT2D eigenvalue weighted by atomic mass is 9.82. The van der Waals surface area contributed by atoms with Crippen LogP contribution in [0.1, 0.15) is 63.9 Å². The molecule has 0 radical (unpaired) electrons. The van der Waals surface area contributed by atoms with Crippen molar-refractivity contribution in [1.82, 2.24) is 4.90 Å². The molecule has 7 nitrogen and oxygen atoms in total. The Morgan fingerprint density at radius 3 is 2.61 bits per heavy atom. The normalized spacial score (nSPS) is 28.9. The molecule has 0 spiro atoms. The van der Waals surface area contributed by atoms with Crippen LogP contribution < -0.4 is 4.74 Å². The topological polar surface area (TPSA) is 85.3 Å². The first-order chi connectivity index (χ1) is 14.8. The zero-order valence-corrected chi connectivity index (χ0v) is 19.1. The van der Waals surface area contributed by atoms with Crippen molar-refractivity contribution < 1.29 is 22.7 Å². The molecule has 3 aliphatic heterocycles. The lowest BCUT2D eigenvalue weighted by molar-refractivity contribution is -0.136. The monoisotopic (exact) mass is 448 g/mol. The van der Waals surface area contributed by atoms with Crippen LogP contribution in [0.3, 0.4) is 0 Å². The number of hydrogen-bond acceptors (Lipinski definition) is 5. The predicted octanol–water partition coefficient (Wildman–Crippen LogP) is 3.29. The zero-order chi connectivity index (χ0) is 22.0. The molecule has 1 amide bonds. The standard InChI is InChI=1S/C23H32N2O5S/c1-16(2)31(27,28)24-20-7-5-13-25-21(20)14-29-18-11-9-17(10-12-18)19-6-3-4-8-22(19)30-15-23(25)26/h3-4,6,8,16-18,21H,5,7,9-15H2,1-2H3/b24-20+/t17?,18?,21-/m0/s1. The molecule has 2 bridgehead atoms. The molecule has 8 heteroatoms. The second-order valence-corrected chi connectivity index (χ2v) is 11.1. The molecule has 5 rings (SSSR count). The number of benzene rings is 1. The maximum absolute atomic E-state index is 13.1. The van der Waals surface area contributed by atoms with E-state index in [1.807, 2.05) is 18.2 Å². The van der Waals surface area contributed by atoms with Gasteiger partial charge in [-0.1, -0.05) is 18.2 Å². The summed E-state index contributed by atoms with van der Waals surface area (Å²) in [6.45, 7) is 3.99. The van der Waals surface area contributed by atoms with Gasteiger partial charge in [0, 0.05) is 6.54 Å². The van der Waals surface area contributed by atoms with E-state index in [-0.39, 0.29) is 25.2 Å². The van der Waals surface area contributed by atoms with Crippen LogP contribution in [0.15, 0.2) is 28.7 Å². The van der Waals surface area contributed by atoms with E-state index in [0.717, 1.165) is 37.0 Å². The molecule has 1 atom stereocenters. The number of ether oxygens (including phenoxy) is 2. The van der Waals surface area contributed by atoms with Gasteiger partial charge in [0.15, 0.2) is 6.61 Å². The van der Waals surface area contributed by atoms with Crippen LogP contribution in [0.5, 0.6) is 5.75 Å². The Hall–Kier alpha value is -1.93. The Balaban J connectivity index is 1.65. The molecule has 1 saturated carbocycles. The van der Waals surface area contributed by atoms with E-state index in [4.69, 9.17) is 9.47 Å². The molecule has 0 unspecified atom stereocenters. The van der Waals surface area contributed by atoms with Gasteiger partial charge in [0.05, 0.1) is 29.7 Å². The molecule has 0 N–H and O–H groups in total. The molecule has 2 fully saturated rings. The maximum atomic E-state index is 13.1. The van der Waals surface area contributed by atoms with Crippen LogP contribution in [-0.2, 0) is 19.6 Å². The van der Waals surface area contributed by atoms with Gasteiger partial charge in [0.1, 0.15) is 5.75 Å². The van der Waals surface area contributed by atoms with Gasteiger partial charge in [-0.05, 0) is 69.9 Å². The lowest BCUT2D eigenvalue weighted by Crippen LogP contribution is -2.53. The van der Waals surface area contributed by atoms with Crippen LogP contribution in [0.2, 0.25) is 0 Å². The third-order valence-corrected chi connectivity index (χ3v) is 8.31. The van der Waals surface area contributed by atoms with Crippen molar-refractivity contribution >= 4 is 21.6 Å². The number of hydrogen-bond donors (Lipinski definition) is 0. The SMILES string of the molecule is CC(C)S(=O)(=O)/N=C1\CCCN2C(=O)COc3ccccc3C3CCC(CC3)OC[C@@H]12. The summed E-state index contributed by atoms with van der Waals surface area (Å²) in [7, 11) is -3.61. The minimum Gasteiger partial charge on any atom is -0.483 e. The number of piperidine rings is 1. The Morgan fingerprint density at radius 1 is 1.13 bits per heavy atom. The third-order valence-electron chi connectivity index (χ3n) is 6.63. The summed E-state index contributed by atoms with van der Waals surface area (Å²) in [6, 6.07) is 7.51. The largest absolute Gasteiger partial charge is 0.483 e. The third kappa shape index (κ3) is 4.95. The van der Waals surface area contributed by atoms with E-state index in [2.05, 4.69) is 10.5 Å². The highest BCUT2D eigenvalue weighted by Gasteiger charge is 2.35. The highest BCUT2D eigenvalue weighted by molar-refractivity contribution is 7.90. The smallest absolute Gasteiger partial charge is 0.261 e. The average molecular weight is 449 g/mol. The fraction of sp³-hybridized carbons (Fsp3) is 0.652. The Kier molecular flexibility index (Phi) is 6.67. The highest BCUT2D eigenvalue weighted by atomic mass is 32.2. The van der Waals surface area contributed by atoms with Gasteiger partial charge in [-0.15, -0.1) is 0 Å². The molecule has 170 valence electrons. The molecular weight excluding hydrogens is 416 g/mol. The Morgan fingerprint density at radius 2 is 1.87 bits per heavy atom. The second-order valence-electron chi connectivity index (χ2n) is 8.99. The lowest BCUT2D eigenvalue weighted by Gasteiger charge is -2.37. The van der Waals surface area contributed by atoms with Gasteiger partial charge < -0.3 is 14.4 Å². The minimum absolute atomic E-state index is 0.0755. The predicted molar refractivity (Wildman–Crippen MR) is 119 cm³/mol. The summed E-state index contributed by atoms with van der Waals surface area (Å²) in [5.74, 6) is 1.01. The molecule has 3 heterocycles. The Labute approximate surface area is 184 Å². The highest BCUT2D eigenvalue weighted by Crippen LogP contribution is 2.38. The van der Waals surface area contributed by atoms with Crippen molar-refractivity contribution in [2.45, 2.75) is 75.7 Å². The first kappa shape index (κ1) is 22.3. The van der Waals surface area contributed by atoms with E-state index in [1.54, 1.807) is 18.7 Å². The van der Waals surface area contributed by atoms with Crippen molar-refractivity contribution in [3.05, 3.63) is 29.8 Å². The molecule has 1 aromatic rings.